The van der Waals surface area contributed by atoms with Crippen LogP contribution in [0.15, 0.2) is 42.6 Å². The molecule has 1 saturated carbocycles. The van der Waals surface area contributed by atoms with E-state index in [1.54, 1.807) is 6.20 Å². The minimum atomic E-state index is 0.0127. The van der Waals surface area contributed by atoms with Gasteiger partial charge in [0, 0.05) is 17.2 Å². The molecular formula is C17H19N3O. The molecule has 4 nitrogen and oxygen atoms in total. The van der Waals surface area contributed by atoms with Crippen molar-refractivity contribution in [1.29, 1.82) is 0 Å². The minimum Gasteiger partial charge on any atom is -0.397 e. The molecule has 3 N–H and O–H groups in total. The van der Waals surface area contributed by atoms with Crippen LogP contribution in [0.5, 0.6) is 0 Å². The molecule has 0 unspecified atom stereocenters. The van der Waals surface area contributed by atoms with Crippen molar-refractivity contribution in [3.63, 3.8) is 0 Å². The van der Waals surface area contributed by atoms with Crippen molar-refractivity contribution < 1.29 is 4.79 Å². The van der Waals surface area contributed by atoms with Gasteiger partial charge >= 0.3 is 0 Å². The summed E-state index contributed by atoms with van der Waals surface area (Å²) in [4.78, 5) is 16.4. The van der Waals surface area contributed by atoms with Gasteiger partial charge in [0.25, 0.3) is 5.91 Å². The molecule has 108 valence electrons. The topological polar surface area (TPSA) is 68.0 Å². The molecule has 0 aliphatic heterocycles. The second-order valence-electron chi connectivity index (χ2n) is 5.51. The normalized spacial score (nSPS) is 15.0. The third kappa shape index (κ3) is 3.21. The highest BCUT2D eigenvalue weighted by Crippen LogP contribution is 2.20. The third-order valence-electron chi connectivity index (χ3n) is 3.92. The Balaban J connectivity index is 1.71. The standard InChI is InChI=1S/C17H19N3O/c18-14-9-10-16(19-11-14)12-5-7-13(8-6-12)17(21)20-15-3-1-2-4-15/h5-11,15H,1-4,18H2,(H,20,21). The van der Waals surface area contributed by atoms with Gasteiger partial charge in [-0.3, -0.25) is 9.78 Å². The van der Waals surface area contributed by atoms with E-state index in [1.165, 1.54) is 12.8 Å². The van der Waals surface area contributed by atoms with E-state index < -0.39 is 0 Å². The Morgan fingerprint density at radius 3 is 2.43 bits per heavy atom. The first-order chi connectivity index (χ1) is 10.2. The monoisotopic (exact) mass is 281 g/mol. The zero-order valence-electron chi connectivity index (χ0n) is 11.9. The van der Waals surface area contributed by atoms with Crippen LogP contribution in [0, 0.1) is 0 Å². The number of hydrogen-bond donors (Lipinski definition) is 2. The number of hydrogen-bond acceptors (Lipinski definition) is 3. The van der Waals surface area contributed by atoms with Gasteiger partial charge in [-0.15, -0.1) is 0 Å². The molecule has 0 atom stereocenters. The van der Waals surface area contributed by atoms with E-state index >= 15 is 0 Å². The molecule has 0 bridgehead atoms. The van der Waals surface area contributed by atoms with Crippen molar-refractivity contribution in [2.24, 2.45) is 0 Å². The Hall–Kier alpha value is -2.36. The Kier molecular flexibility index (Phi) is 3.86. The second kappa shape index (κ2) is 5.95. The lowest BCUT2D eigenvalue weighted by Gasteiger charge is -2.12. The minimum absolute atomic E-state index is 0.0127. The van der Waals surface area contributed by atoms with Gasteiger partial charge in [-0.05, 0) is 37.1 Å². The maximum Gasteiger partial charge on any atom is 0.251 e. The van der Waals surface area contributed by atoms with Gasteiger partial charge < -0.3 is 11.1 Å². The molecule has 1 aliphatic rings. The molecule has 1 aromatic heterocycles. The lowest BCUT2D eigenvalue weighted by atomic mass is 10.1. The average Bonchev–Trinajstić information content (AvgIpc) is 3.01. The van der Waals surface area contributed by atoms with Crippen LogP contribution in [0.3, 0.4) is 0 Å². The number of aromatic nitrogens is 1. The summed E-state index contributed by atoms with van der Waals surface area (Å²) in [7, 11) is 0. The Morgan fingerprint density at radius 2 is 1.81 bits per heavy atom. The van der Waals surface area contributed by atoms with E-state index in [0.717, 1.165) is 24.1 Å². The first-order valence-electron chi connectivity index (χ1n) is 7.35. The molecule has 3 rings (SSSR count). The summed E-state index contributed by atoms with van der Waals surface area (Å²) < 4.78 is 0. The van der Waals surface area contributed by atoms with E-state index in [2.05, 4.69) is 10.3 Å². The maximum absolute atomic E-state index is 12.1. The fraction of sp³-hybridized carbons (Fsp3) is 0.294. The zero-order chi connectivity index (χ0) is 14.7. The molecule has 1 fully saturated rings. The summed E-state index contributed by atoms with van der Waals surface area (Å²) in [6, 6.07) is 11.6. The SMILES string of the molecule is Nc1ccc(-c2ccc(C(=O)NC3CCCC3)cc2)nc1. The molecule has 2 aromatic rings. The van der Waals surface area contributed by atoms with Gasteiger partial charge in [0.05, 0.1) is 17.6 Å². The smallest absolute Gasteiger partial charge is 0.251 e. The number of anilines is 1. The van der Waals surface area contributed by atoms with E-state index in [0.29, 0.717) is 17.3 Å². The molecule has 0 radical (unpaired) electrons. The lowest BCUT2D eigenvalue weighted by Crippen LogP contribution is -2.32. The maximum atomic E-state index is 12.1. The fourth-order valence-electron chi connectivity index (χ4n) is 2.71. The van der Waals surface area contributed by atoms with Crippen LogP contribution in [0.4, 0.5) is 5.69 Å². The van der Waals surface area contributed by atoms with Gasteiger partial charge in [-0.2, -0.15) is 0 Å². The molecule has 1 aromatic carbocycles. The first kappa shape index (κ1) is 13.6. The molecule has 1 aliphatic carbocycles. The third-order valence-corrected chi connectivity index (χ3v) is 3.92. The van der Waals surface area contributed by atoms with Crippen molar-refractivity contribution in [3.05, 3.63) is 48.2 Å². The predicted molar refractivity (Wildman–Crippen MR) is 83.8 cm³/mol. The van der Waals surface area contributed by atoms with Gasteiger partial charge in [0.2, 0.25) is 0 Å². The van der Waals surface area contributed by atoms with Gasteiger partial charge in [-0.1, -0.05) is 25.0 Å². The number of nitrogens with one attached hydrogen (secondary N) is 1. The van der Waals surface area contributed by atoms with Gasteiger partial charge in [0.1, 0.15) is 0 Å². The number of carbonyl (C=O) groups is 1. The van der Waals surface area contributed by atoms with Crippen molar-refractivity contribution in [3.8, 4) is 11.3 Å². The highest BCUT2D eigenvalue weighted by molar-refractivity contribution is 5.94. The highest BCUT2D eigenvalue weighted by atomic mass is 16.1. The molecule has 21 heavy (non-hydrogen) atoms. The summed E-state index contributed by atoms with van der Waals surface area (Å²) in [5, 5.41) is 3.09. The highest BCUT2D eigenvalue weighted by Gasteiger charge is 2.17. The van der Waals surface area contributed by atoms with Gasteiger partial charge in [-0.25, -0.2) is 0 Å². The average molecular weight is 281 g/mol. The van der Waals surface area contributed by atoms with Gasteiger partial charge in [0.15, 0.2) is 0 Å². The summed E-state index contributed by atoms with van der Waals surface area (Å²) in [5.74, 6) is 0.0127. The van der Waals surface area contributed by atoms with E-state index in [9.17, 15) is 4.79 Å². The lowest BCUT2D eigenvalue weighted by molar-refractivity contribution is 0.0938. The Bertz CT molecular complexity index is 613. The molecule has 0 saturated heterocycles. The van der Waals surface area contributed by atoms with Crippen LogP contribution in [0.25, 0.3) is 11.3 Å². The summed E-state index contributed by atoms with van der Waals surface area (Å²) in [6.07, 6.45) is 6.26. The number of nitrogen functional groups attached to an aromatic ring is 1. The van der Waals surface area contributed by atoms with Crippen LogP contribution in [0.1, 0.15) is 36.0 Å². The van der Waals surface area contributed by atoms with Crippen LogP contribution in [-0.4, -0.2) is 16.9 Å². The number of carbonyl (C=O) groups excluding carboxylic acids is 1. The van der Waals surface area contributed by atoms with Crippen LogP contribution < -0.4 is 11.1 Å². The number of nitrogens with zero attached hydrogens (tertiary/aromatic N) is 1. The number of rotatable bonds is 3. The van der Waals surface area contributed by atoms with E-state index in [1.807, 2.05) is 36.4 Å². The van der Waals surface area contributed by atoms with Crippen molar-refractivity contribution >= 4 is 11.6 Å². The number of nitrogens with two attached hydrogens (primary N) is 1. The molecule has 1 heterocycles. The van der Waals surface area contributed by atoms with Crippen LogP contribution >= 0.6 is 0 Å². The zero-order valence-corrected chi connectivity index (χ0v) is 11.9. The molecule has 1 amide bonds. The van der Waals surface area contributed by atoms with Crippen molar-refractivity contribution in [2.75, 3.05) is 5.73 Å². The number of benzene rings is 1. The van der Waals surface area contributed by atoms with Crippen LogP contribution in [-0.2, 0) is 0 Å². The number of pyridine rings is 1. The number of amides is 1. The predicted octanol–water partition coefficient (Wildman–Crippen LogP) is 3.00. The van der Waals surface area contributed by atoms with Crippen LogP contribution in [0.2, 0.25) is 0 Å². The Morgan fingerprint density at radius 1 is 1.10 bits per heavy atom. The first-order valence-corrected chi connectivity index (χ1v) is 7.35. The van der Waals surface area contributed by atoms with E-state index in [4.69, 9.17) is 5.73 Å². The molecular weight excluding hydrogens is 262 g/mol. The summed E-state index contributed by atoms with van der Waals surface area (Å²) >= 11 is 0. The Labute approximate surface area is 124 Å². The molecule has 0 spiro atoms. The fourth-order valence-corrected chi connectivity index (χ4v) is 2.71. The summed E-state index contributed by atoms with van der Waals surface area (Å²) in [6.45, 7) is 0. The second-order valence-corrected chi connectivity index (χ2v) is 5.51. The van der Waals surface area contributed by atoms with E-state index in [-0.39, 0.29) is 5.91 Å². The summed E-state index contributed by atoms with van der Waals surface area (Å²) in [5.41, 5.74) is 8.80. The largest absolute Gasteiger partial charge is 0.397 e. The molecule has 4 heteroatoms. The van der Waals surface area contributed by atoms with Crippen molar-refractivity contribution in [2.45, 2.75) is 31.7 Å². The van der Waals surface area contributed by atoms with Crippen molar-refractivity contribution in [1.82, 2.24) is 10.3 Å². The quantitative estimate of drug-likeness (QED) is 0.908.